The van der Waals surface area contributed by atoms with Crippen LogP contribution >= 0.6 is 0 Å². The third-order valence-electron chi connectivity index (χ3n) is 3.62. The lowest BCUT2D eigenvalue weighted by atomic mass is 9.99. The average Bonchev–Trinajstić information content (AvgIpc) is 2.75. The van der Waals surface area contributed by atoms with Gasteiger partial charge >= 0.3 is 5.92 Å². The molecule has 166 valence electrons. The lowest BCUT2D eigenvalue weighted by Gasteiger charge is -2.29. The Balaban J connectivity index is 0. The minimum absolute atomic E-state index is 0.248. The van der Waals surface area contributed by atoms with E-state index in [9.17, 15) is 13.6 Å². The van der Waals surface area contributed by atoms with Crippen LogP contribution in [-0.4, -0.2) is 36.3 Å². The van der Waals surface area contributed by atoms with Crippen molar-refractivity contribution in [2.75, 3.05) is 5.32 Å². The van der Waals surface area contributed by atoms with Crippen LogP contribution in [-0.2, 0) is 4.79 Å². The van der Waals surface area contributed by atoms with Crippen molar-refractivity contribution in [2.24, 2.45) is 5.73 Å². The largest absolute Gasteiger partial charge is 0.404 e. The van der Waals surface area contributed by atoms with Crippen LogP contribution in [0.3, 0.4) is 0 Å². The normalized spacial score (nSPS) is 12.4. The number of anilines is 1. The maximum Gasteiger partial charge on any atom is 0.321 e. The molecule has 0 saturated heterocycles. The minimum atomic E-state index is -3.55. The molecule has 0 spiro atoms. The summed E-state index contributed by atoms with van der Waals surface area (Å²) in [5, 5.41) is 29.0. The highest BCUT2D eigenvalue weighted by Gasteiger charge is 2.35. The van der Waals surface area contributed by atoms with Gasteiger partial charge in [-0.25, -0.2) is 0 Å². The zero-order valence-electron chi connectivity index (χ0n) is 18.3. The Labute approximate surface area is 177 Å². The van der Waals surface area contributed by atoms with Gasteiger partial charge in [0.25, 0.3) is 5.91 Å². The Kier molecular flexibility index (Phi) is 14.2. The van der Waals surface area contributed by atoms with E-state index in [-0.39, 0.29) is 5.57 Å². The summed E-state index contributed by atoms with van der Waals surface area (Å²) in [4.78, 5) is 11.6. The highest BCUT2D eigenvalue weighted by molar-refractivity contribution is 5.88. The monoisotopic (exact) mass is 422 g/mol. The second-order valence-corrected chi connectivity index (χ2v) is 5.64. The van der Waals surface area contributed by atoms with Crippen molar-refractivity contribution < 1.29 is 13.6 Å². The molecule has 1 aromatic rings. The first-order valence-corrected chi connectivity index (χ1v) is 9.60. The van der Waals surface area contributed by atoms with E-state index in [2.05, 4.69) is 10.6 Å². The lowest BCUT2D eigenvalue weighted by Crippen LogP contribution is -2.50. The van der Waals surface area contributed by atoms with Crippen molar-refractivity contribution >= 4 is 24.0 Å². The number of hydrogen-bond acceptors (Lipinski definition) is 6. The molecule has 1 unspecified atom stereocenters. The van der Waals surface area contributed by atoms with Crippen molar-refractivity contribution in [3.05, 3.63) is 41.1 Å². The van der Waals surface area contributed by atoms with E-state index in [0.29, 0.717) is 23.7 Å². The molecule has 0 aliphatic rings. The summed E-state index contributed by atoms with van der Waals surface area (Å²) in [7, 11) is 0. The Hall–Kier alpha value is -3.28. The van der Waals surface area contributed by atoms with Crippen LogP contribution in [0.4, 0.5) is 14.5 Å². The Morgan fingerprint density at radius 3 is 2.23 bits per heavy atom. The van der Waals surface area contributed by atoms with Gasteiger partial charge in [-0.2, -0.15) is 14.0 Å². The summed E-state index contributed by atoms with van der Waals surface area (Å²) in [6.07, 6.45) is 3.10. The van der Waals surface area contributed by atoms with Crippen molar-refractivity contribution in [2.45, 2.75) is 59.5 Å². The molecular formula is C21H32F2N6O. The molecule has 0 bridgehead atoms. The minimum Gasteiger partial charge on any atom is -0.404 e. The third-order valence-corrected chi connectivity index (χ3v) is 3.62. The summed E-state index contributed by atoms with van der Waals surface area (Å²) < 4.78 is 26.3. The molecule has 0 radical (unpaired) electrons. The summed E-state index contributed by atoms with van der Waals surface area (Å²) in [5.74, 6) is -5.00. The zero-order valence-corrected chi connectivity index (χ0v) is 18.3. The maximum absolute atomic E-state index is 13.2. The SMILES string of the molecule is CC.CC.CC(NC(=O)C(C)(F)F)[C@H](Nc1ccc(C#N)cc1C=N)/C(C=N)=C/N. The predicted octanol–water partition coefficient (Wildman–Crippen LogP) is 4.04. The molecule has 0 aliphatic carbocycles. The molecule has 0 aromatic heterocycles. The molecule has 6 N–H and O–H groups in total. The first-order chi connectivity index (χ1) is 14.2. The number of nitriles is 1. The van der Waals surface area contributed by atoms with Crippen molar-refractivity contribution in [3.63, 3.8) is 0 Å². The zero-order chi connectivity index (χ0) is 23.9. The van der Waals surface area contributed by atoms with Crippen LogP contribution in [0, 0.1) is 22.1 Å². The van der Waals surface area contributed by atoms with Gasteiger partial charge in [0.05, 0.1) is 23.7 Å². The van der Waals surface area contributed by atoms with E-state index in [4.69, 9.17) is 21.8 Å². The van der Waals surface area contributed by atoms with Crippen molar-refractivity contribution in [1.29, 1.82) is 16.1 Å². The molecule has 1 rings (SSSR count). The molecule has 7 nitrogen and oxygen atoms in total. The van der Waals surface area contributed by atoms with Crippen LogP contribution in [0.15, 0.2) is 30.0 Å². The molecule has 0 saturated carbocycles. The van der Waals surface area contributed by atoms with Crippen molar-refractivity contribution in [3.8, 4) is 6.07 Å². The fourth-order valence-electron chi connectivity index (χ4n) is 2.21. The van der Waals surface area contributed by atoms with Crippen molar-refractivity contribution in [1.82, 2.24) is 5.32 Å². The number of benzene rings is 1. The van der Waals surface area contributed by atoms with Crippen LogP contribution in [0.25, 0.3) is 0 Å². The summed E-state index contributed by atoms with van der Waals surface area (Å²) in [5.41, 5.74) is 6.91. The van der Waals surface area contributed by atoms with Gasteiger partial charge in [-0.15, -0.1) is 0 Å². The fraction of sp³-hybridized carbons (Fsp3) is 0.429. The Morgan fingerprint density at radius 2 is 1.83 bits per heavy atom. The fourth-order valence-corrected chi connectivity index (χ4v) is 2.21. The first kappa shape index (κ1) is 28.9. The van der Waals surface area contributed by atoms with Gasteiger partial charge in [0.2, 0.25) is 0 Å². The van der Waals surface area contributed by atoms with Crippen LogP contribution in [0.2, 0.25) is 0 Å². The summed E-state index contributed by atoms with van der Waals surface area (Å²) >= 11 is 0. The average molecular weight is 423 g/mol. The summed E-state index contributed by atoms with van der Waals surface area (Å²) in [6.45, 7) is 9.98. The van der Waals surface area contributed by atoms with E-state index in [0.717, 1.165) is 18.6 Å². The number of amides is 1. The van der Waals surface area contributed by atoms with Gasteiger partial charge in [-0.3, -0.25) is 4.79 Å². The molecule has 2 atom stereocenters. The highest BCUT2D eigenvalue weighted by Crippen LogP contribution is 2.20. The highest BCUT2D eigenvalue weighted by atomic mass is 19.3. The van der Waals surface area contributed by atoms with Gasteiger partial charge in [0, 0.05) is 42.4 Å². The first-order valence-electron chi connectivity index (χ1n) is 9.60. The topological polar surface area (TPSA) is 139 Å². The quantitative estimate of drug-likeness (QED) is 0.403. The molecule has 1 aromatic carbocycles. The molecule has 1 amide bonds. The Bertz CT molecular complexity index is 766. The smallest absolute Gasteiger partial charge is 0.321 e. The standard InChI is InChI=1S/C17H20F2N6O.2C2H6/c1-10(24-16(26)17(2,18)19)15(13(8-22)9-23)25-14-4-3-11(6-20)5-12(14)7-21;2*1-2/h3-5,7-10,15,21-22,25H,23H2,1-2H3,(H,24,26);2*1-2H3/b13-9+,21-7?,22-8?;;/t10?,15-;;/m0../s1. The summed E-state index contributed by atoms with van der Waals surface area (Å²) in [6, 6.07) is 4.84. The van der Waals surface area contributed by atoms with Crippen LogP contribution < -0.4 is 16.4 Å². The van der Waals surface area contributed by atoms with Gasteiger partial charge < -0.3 is 27.2 Å². The molecule has 9 heteroatoms. The van der Waals surface area contributed by atoms with E-state index in [1.165, 1.54) is 19.1 Å². The number of halogens is 2. The van der Waals surface area contributed by atoms with E-state index in [1.54, 1.807) is 6.07 Å². The van der Waals surface area contributed by atoms with Crippen LogP contribution in [0.5, 0.6) is 0 Å². The second kappa shape index (κ2) is 14.7. The number of nitrogens with one attached hydrogen (secondary N) is 4. The Morgan fingerprint density at radius 1 is 1.27 bits per heavy atom. The van der Waals surface area contributed by atoms with Gasteiger partial charge in [-0.1, -0.05) is 27.7 Å². The predicted molar refractivity (Wildman–Crippen MR) is 118 cm³/mol. The number of nitrogens with zero attached hydrogens (tertiary/aromatic N) is 1. The number of alkyl halides is 2. The molecule has 0 fully saturated rings. The molecule has 30 heavy (non-hydrogen) atoms. The number of carbonyl (C=O) groups excluding carboxylic acids is 1. The number of hydrogen-bond donors (Lipinski definition) is 5. The second-order valence-electron chi connectivity index (χ2n) is 5.64. The molecule has 0 heterocycles. The van der Waals surface area contributed by atoms with E-state index in [1.807, 2.05) is 33.8 Å². The van der Waals surface area contributed by atoms with E-state index >= 15 is 0 Å². The maximum atomic E-state index is 13.2. The van der Waals surface area contributed by atoms with E-state index < -0.39 is 23.9 Å². The van der Waals surface area contributed by atoms with Gasteiger partial charge in [0.1, 0.15) is 0 Å². The van der Waals surface area contributed by atoms with Gasteiger partial charge in [-0.05, 0) is 25.1 Å². The number of nitrogens with two attached hydrogens (primary N) is 1. The molecular weight excluding hydrogens is 390 g/mol. The number of carbonyl (C=O) groups is 1. The molecule has 0 aliphatic heterocycles. The van der Waals surface area contributed by atoms with Crippen LogP contribution in [0.1, 0.15) is 52.7 Å². The third kappa shape index (κ3) is 8.82. The number of rotatable bonds is 8. The lowest BCUT2D eigenvalue weighted by molar-refractivity contribution is -0.143. The van der Waals surface area contributed by atoms with Gasteiger partial charge in [0.15, 0.2) is 0 Å².